The number of ketones is 1. The number of benzene rings is 2. The maximum Gasteiger partial charge on any atom is 0.221 e. The molecule has 0 aliphatic rings. The molecule has 2 N–H and O–H groups in total. The zero-order valence-corrected chi connectivity index (χ0v) is 18.1. The predicted molar refractivity (Wildman–Crippen MR) is 121 cm³/mol. The third kappa shape index (κ3) is 6.28. The Hall–Kier alpha value is -3.41. The van der Waals surface area contributed by atoms with Gasteiger partial charge in [-0.3, -0.25) is 9.59 Å². The number of imidazole rings is 1. The van der Waals surface area contributed by atoms with Gasteiger partial charge in [-0.05, 0) is 42.7 Å². The lowest BCUT2D eigenvalue weighted by atomic mass is 10.1. The van der Waals surface area contributed by atoms with Crippen molar-refractivity contribution in [3.63, 3.8) is 0 Å². The zero-order valence-electron chi connectivity index (χ0n) is 18.1. The fourth-order valence-electron chi connectivity index (χ4n) is 3.24. The second-order valence-electron chi connectivity index (χ2n) is 7.37. The van der Waals surface area contributed by atoms with E-state index in [1.54, 1.807) is 30.5 Å². The van der Waals surface area contributed by atoms with E-state index in [0.717, 1.165) is 23.4 Å². The normalized spacial score (nSPS) is 11.7. The van der Waals surface area contributed by atoms with Gasteiger partial charge in [0, 0.05) is 18.4 Å². The Kier molecular flexibility index (Phi) is 7.98. The van der Waals surface area contributed by atoms with Gasteiger partial charge in [0.05, 0.1) is 24.5 Å². The van der Waals surface area contributed by atoms with Gasteiger partial charge in [-0.25, -0.2) is 4.98 Å². The minimum Gasteiger partial charge on any atom is -0.494 e. The summed E-state index contributed by atoms with van der Waals surface area (Å²) in [5, 5.41) is 2.98. The molecule has 0 aliphatic carbocycles. The summed E-state index contributed by atoms with van der Waals surface area (Å²) in [5.41, 5.74) is 2.53. The highest BCUT2D eigenvalue weighted by atomic mass is 16.5. The quantitative estimate of drug-likeness (QED) is 0.424. The minimum atomic E-state index is -0.227. The lowest BCUT2D eigenvalue weighted by Crippen LogP contribution is -2.29. The number of nitrogens with one attached hydrogen (secondary N) is 2. The molecular formula is C25H29N3O3. The third-order valence-electron chi connectivity index (χ3n) is 4.98. The smallest absolute Gasteiger partial charge is 0.221 e. The van der Waals surface area contributed by atoms with Gasteiger partial charge in [-0.15, -0.1) is 0 Å². The van der Waals surface area contributed by atoms with Crippen molar-refractivity contribution in [3.05, 3.63) is 72.2 Å². The Bertz CT molecular complexity index is 981. The van der Waals surface area contributed by atoms with Crippen molar-refractivity contribution in [3.8, 4) is 17.0 Å². The van der Waals surface area contributed by atoms with Crippen LogP contribution in [0, 0.1) is 0 Å². The van der Waals surface area contributed by atoms with Crippen molar-refractivity contribution in [2.24, 2.45) is 0 Å². The largest absolute Gasteiger partial charge is 0.494 e. The number of Topliss-reactive ketones (excluding diaryl/α,β-unsaturated/α-hetero) is 1. The number of carbonyl (C=O) groups is 2. The van der Waals surface area contributed by atoms with Gasteiger partial charge in [0.25, 0.3) is 0 Å². The summed E-state index contributed by atoms with van der Waals surface area (Å²) < 4.78 is 5.53. The summed E-state index contributed by atoms with van der Waals surface area (Å²) in [6.45, 7) is 4.68. The molecule has 1 aromatic heterocycles. The number of aromatic amines is 1. The number of aromatic nitrogens is 2. The lowest BCUT2D eigenvalue weighted by molar-refractivity contribution is -0.121. The lowest BCUT2D eigenvalue weighted by Gasteiger charge is -2.14. The van der Waals surface area contributed by atoms with E-state index in [1.165, 1.54) is 0 Å². The van der Waals surface area contributed by atoms with Crippen LogP contribution in [0.4, 0.5) is 0 Å². The highest BCUT2D eigenvalue weighted by Gasteiger charge is 2.17. The molecule has 0 bridgehead atoms. The standard InChI is InChI=1S/C25H29N3O3/c1-3-16-31-20-12-10-19(11-13-20)23(29)14-15-24(30)27-21(4-2)25-26-17-22(28-25)18-8-6-5-7-9-18/h5-13,17,21H,3-4,14-16H2,1-2H3,(H,26,28)(H,27,30). The molecule has 0 radical (unpaired) electrons. The van der Waals surface area contributed by atoms with Gasteiger partial charge >= 0.3 is 0 Å². The highest BCUT2D eigenvalue weighted by molar-refractivity contribution is 5.98. The van der Waals surface area contributed by atoms with Crippen molar-refractivity contribution in [2.75, 3.05) is 6.61 Å². The number of H-pyrrole nitrogens is 1. The molecule has 1 atom stereocenters. The fourth-order valence-corrected chi connectivity index (χ4v) is 3.24. The number of carbonyl (C=O) groups excluding carboxylic acids is 2. The predicted octanol–water partition coefficient (Wildman–Crippen LogP) is 5.10. The Morgan fingerprint density at radius 2 is 1.77 bits per heavy atom. The molecule has 0 aliphatic heterocycles. The van der Waals surface area contributed by atoms with Crippen LogP contribution in [0.25, 0.3) is 11.3 Å². The Morgan fingerprint density at radius 1 is 1.03 bits per heavy atom. The molecule has 0 spiro atoms. The van der Waals surface area contributed by atoms with Crippen LogP contribution in [0.15, 0.2) is 60.8 Å². The molecule has 1 heterocycles. The molecule has 31 heavy (non-hydrogen) atoms. The number of rotatable bonds is 11. The second-order valence-corrected chi connectivity index (χ2v) is 7.37. The van der Waals surface area contributed by atoms with Crippen molar-refractivity contribution in [1.82, 2.24) is 15.3 Å². The molecule has 1 unspecified atom stereocenters. The Morgan fingerprint density at radius 3 is 2.45 bits per heavy atom. The van der Waals surface area contributed by atoms with Crippen LogP contribution < -0.4 is 10.1 Å². The van der Waals surface area contributed by atoms with E-state index in [2.05, 4.69) is 15.3 Å². The monoisotopic (exact) mass is 419 g/mol. The molecular weight excluding hydrogens is 390 g/mol. The first kappa shape index (κ1) is 22.3. The van der Waals surface area contributed by atoms with E-state index in [-0.39, 0.29) is 30.6 Å². The number of hydrogen-bond acceptors (Lipinski definition) is 4. The summed E-state index contributed by atoms with van der Waals surface area (Å²) in [4.78, 5) is 32.6. The summed E-state index contributed by atoms with van der Waals surface area (Å²) in [6, 6.07) is 16.8. The number of amides is 1. The zero-order chi connectivity index (χ0) is 22.1. The topological polar surface area (TPSA) is 84.1 Å². The highest BCUT2D eigenvalue weighted by Crippen LogP contribution is 2.21. The maximum absolute atomic E-state index is 12.4. The summed E-state index contributed by atoms with van der Waals surface area (Å²) >= 11 is 0. The fraction of sp³-hybridized carbons (Fsp3) is 0.320. The van der Waals surface area contributed by atoms with Gasteiger partial charge < -0.3 is 15.0 Å². The van der Waals surface area contributed by atoms with Crippen LogP contribution in [-0.2, 0) is 4.79 Å². The molecule has 6 nitrogen and oxygen atoms in total. The minimum absolute atomic E-state index is 0.0606. The van der Waals surface area contributed by atoms with Crippen molar-refractivity contribution < 1.29 is 14.3 Å². The van der Waals surface area contributed by atoms with Gasteiger partial charge in [0.2, 0.25) is 5.91 Å². The average Bonchev–Trinajstić information content (AvgIpc) is 3.30. The van der Waals surface area contributed by atoms with Gasteiger partial charge in [-0.1, -0.05) is 44.2 Å². The maximum atomic E-state index is 12.4. The Labute approximate surface area is 183 Å². The first-order valence-electron chi connectivity index (χ1n) is 10.8. The van der Waals surface area contributed by atoms with E-state index in [9.17, 15) is 9.59 Å². The molecule has 3 aromatic rings. The van der Waals surface area contributed by atoms with Crippen LogP contribution >= 0.6 is 0 Å². The van der Waals surface area contributed by atoms with Crippen LogP contribution in [0.1, 0.15) is 61.8 Å². The van der Waals surface area contributed by atoms with Crippen LogP contribution in [-0.4, -0.2) is 28.3 Å². The van der Waals surface area contributed by atoms with Crippen molar-refractivity contribution in [2.45, 2.75) is 45.6 Å². The van der Waals surface area contributed by atoms with E-state index in [0.29, 0.717) is 24.4 Å². The van der Waals surface area contributed by atoms with Crippen LogP contribution in [0.3, 0.4) is 0 Å². The third-order valence-corrected chi connectivity index (χ3v) is 4.98. The average molecular weight is 420 g/mol. The molecule has 6 heteroatoms. The van der Waals surface area contributed by atoms with E-state index < -0.39 is 0 Å². The number of ether oxygens (including phenoxy) is 1. The number of nitrogens with zero attached hydrogens (tertiary/aromatic N) is 1. The molecule has 162 valence electrons. The SMILES string of the molecule is CCCOc1ccc(C(=O)CCC(=O)NC(CC)c2ncc(-c3ccccc3)[nH]2)cc1. The van der Waals surface area contributed by atoms with E-state index in [1.807, 2.05) is 44.2 Å². The van der Waals surface area contributed by atoms with Crippen molar-refractivity contribution in [1.29, 1.82) is 0 Å². The molecule has 0 saturated carbocycles. The molecule has 1 amide bonds. The van der Waals surface area contributed by atoms with E-state index >= 15 is 0 Å². The number of hydrogen-bond donors (Lipinski definition) is 2. The first-order valence-corrected chi connectivity index (χ1v) is 10.8. The first-order chi connectivity index (χ1) is 15.1. The van der Waals surface area contributed by atoms with Gasteiger partial charge in [0.1, 0.15) is 11.6 Å². The van der Waals surface area contributed by atoms with Crippen molar-refractivity contribution >= 4 is 11.7 Å². The van der Waals surface area contributed by atoms with Crippen LogP contribution in [0.2, 0.25) is 0 Å². The van der Waals surface area contributed by atoms with Crippen LogP contribution in [0.5, 0.6) is 5.75 Å². The summed E-state index contributed by atoms with van der Waals surface area (Å²) in [7, 11) is 0. The molecule has 3 rings (SSSR count). The summed E-state index contributed by atoms with van der Waals surface area (Å²) in [6.07, 6.45) is 3.69. The van der Waals surface area contributed by atoms with E-state index in [4.69, 9.17) is 4.74 Å². The molecule has 2 aromatic carbocycles. The van der Waals surface area contributed by atoms with Gasteiger partial charge in [-0.2, -0.15) is 0 Å². The Balaban J connectivity index is 1.52. The molecule has 0 saturated heterocycles. The summed E-state index contributed by atoms with van der Waals surface area (Å²) in [5.74, 6) is 1.23. The van der Waals surface area contributed by atoms with Gasteiger partial charge in [0.15, 0.2) is 5.78 Å². The second kappa shape index (κ2) is 11.1. The molecule has 0 fully saturated rings.